The summed E-state index contributed by atoms with van der Waals surface area (Å²) in [7, 11) is 0. The zero-order valence-corrected chi connectivity index (χ0v) is 16.9. The fourth-order valence-electron chi connectivity index (χ4n) is 3.61. The van der Waals surface area contributed by atoms with Crippen LogP contribution in [0.5, 0.6) is 0 Å². The van der Waals surface area contributed by atoms with Crippen molar-refractivity contribution in [3.05, 3.63) is 88.7 Å². The molecule has 4 rings (SSSR count). The summed E-state index contributed by atoms with van der Waals surface area (Å²) in [4.78, 5) is 27.7. The number of rotatable bonds is 6. The first-order valence-electron chi connectivity index (χ1n) is 9.86. The summed E-state index contributed by atoms with van der Waals surface area (Å²) >= 11 is 0. The molecule has 1 amide bonds. The van der Waals surface area contributed by atoms with Crippen molar-refractivity contribution in [2.75, 3.05) is 11.4 Å². The molecule has 0 unspecified atom stereocenters. The number of anilines is 1. The van der Waals surface area contributed by atoms with Crippen LogP contribution in [-0.2, 0) is 17.9 Å². The minimum atomic E-state index is -0.440. The summed E-state index contributed by atoms with van der Waals surface area (Å²) < 4.78 is 16.0. The highest BCUT2D eigenvalue weighted by Crippen LogP contribution is 2.25. The lowest BCUT2D eigenvalue weighted by Crippen LogP contribution is -2.36. The van der Waals surface area contributed by atoms with E-state index in [2.05, 4.69) is 5.10 Å². The van der Waals surface area contributed by atoms with Crippen molar-refractivity contribution in [2.45, 2.75) is 20.1 Å². The predicted molar refractivity (Wildman–Crippen MR) is 115 cm³/mol. The van der Waals surface area contributed by atoms with Gasteiger partial charge in [-0.1, -0.05) is 18.2 Å². The molecule has 0 aliphatic carbocycles. The maximum absolute atomic E-state index is 13.3. The summed E-state index contributed by atoms with van der Waals surface area (Å²) in [6, 6.07) is 14.9. The van der Waals surface area contributed by atoms with Crippen LogP contribution in [-0.4, -0.2) is 31.7 Å². The summed E-state index contributed by atoms with van der Waals surface area (Å²) in [5.41, 5.74) is 1.79. The van der Waals surface area contributed by atoms with E-state index in [1.54, 1.807) is 11.1 Å². The number of nitrogens with zero attached hydrogens (tertiary/aromatic N) is 4. The van der Waals surface area contributed by atoms with Crippen molar-refractivity contribution in [1.29, 1.82) is 0 Å². The number of hydrogen-bond acceptors (Lipinski definition) is 4. The number of fused-ring (bicyclic) bond motifs is 1. The van der Waals surface area contributed by atoms with Gasteiger partial charge in [0.25, 0.3) is 5.56 Å². The fraction of sp³-hybridized carbons (Fsp3) is 0.174. The lowest BCUT2D eigenvalue weighted by Gasteiger charge is -2.21. The molecule has 0 fully saturated rings. The lowest BCUT2D eigenvalue weighted by molar-refractivity contribution is -0.119. The van der Waals surface area contributed by atoms with Gasteiger partial charge in [0.15, 0.2) is 0 Å². The Labute approximate surface area is 177 Å². The largest absolute Gasteiger partial charge is 0.392 e. The van der Waals surface area contributed by atoms with Crippen molar-refractivity contribution < 1.29 is 14.3 Å². The maximum Gasteiger partial charge on any atom is 0.277 e. The molecule has 0 aliphatic rings. The Hall–Kier alpha value is -3.78. The molecule has 0 aliphatic heterocycles. The Morgan fingerprint density at radius 2 is 1.81 bits per heavy atom. The van der Waals surface area contributed by atoms with Gasteiger partial charge in [0.05, 0.1) is 12.3 Å². The van der Waals surface area contributed by atoms with E-state index < -0.39 is 18.0 Å². The number of para-hydroxylation sites is 1. The molecule has 7 nitrogen and oxygen atoms in total. The molecule has 2 heterocycles. The molecule has 4 aromatic rings. The molecule has 1 N–H and O–H groups in total. The van der Waals surface area contributed by atoms with E-state index in [0.29, 0.717) is 23.4 Å². The van der Waals surface area contributed by atoms with Crippen LogP contribution in [0.4, 0.5) is 10.1 Å². The first kappa shape index (κ1) is 20.5. The summed E-state index contributed by atoms with van der Waals surface area (Å²) in [5.74, 6) is -0.623. The normalized spacial score (nSPS) is 11.1. The molecule has 0 atom stereocenters. The Morgan fingerprint density at radius 1 is 1.10 bits per heavy atom. The van der Waals surface area contributed by atoms with Crippen LogP contribution < -0.4 is 10.5 Å². The van der Waals surface area contributed by atoms with Gasteiger partial charge < -0.3 is 14.6 Å². The number of halogens is 1. The number of aromatic nitrogens is 3. The van der Waals surface area contributed by atoms with E-state index in [1.807, 2.05) is 37.3 Å². The molecule has 0 saturated carbocycles. The third kappa shape index (κ3) is 3.85. The standard InChI is InChI=1S/C23H21FN4O3/c1-2-27(18-6-4-3-5-7-18)20(30)14-26-12-13-28-22(23(26)31)19(15-29)21(25-28)16-8-10-17(24)11-9-16/h3-13,29H,2,14-15H2,1H3. The molecule has 0 saturated heterocycles. The number of aliphatic hydroxyl groups excluding tert-OH is 1. The molecule has 158 valence electrons. The number of likely N-dealkylation sites (N-methyl/N-ethyl adjacent to an activating group) is 1. The third-order valence-corrected chi connectivity index (χ3v) is 5.13. The smallest absolute Gasteiger partial charge is 0.277 e. The average Bonchev–Trinajstić information content (AvgIpc) is 3.17. The van der Waals surface area contributed by atoms with Crippen molar-refractivity contribution in [3.63, 3.8) is 0 Å². The zero-order chi connectivity index (χ0) is 22.0. The third-order valence-electron chi connectivity index (χ3n) is 5.13. The first-order valence-corrected chi connectivity index (χ1v) is 9.86. The Kier molecular flexibility index (Phi) is 5.64. The van der Waals surface area contributed by atoms with Crippen molar-refractivity contribution in [2.24, 2.45) is 0 Å². The summed E-state index contributed by atoms with van der Waals surface area (Å²) in [6.45, 7) is 1.75. The van der Waals surface area contributed by atoms with Crippen LogP contribution in [0, 0.1) is 5.82 Å². The minimum absolute atomic E-state index is 0.153. The first-order chi connectivity index (χ1) is 15.0. The lowest BCUT2D eigenvalue weighted by atomic mass is 10.1. The molecular formula is C23H21FN4O3. The van der Waals surface area contributed by atoms with Crippen LogP contribution >= 0.6 is 0 Å². The quantitative estimate of drug-likeness (QED) is 0.520. The predicted octanol–water partition coefficient (Wildman–Crippen LogP) is 2.85. The van der Waals surface area contributed by atoms with E-state index >= 15 is 0 Å². The second-order valence-corrected chi connectivity index (χ2v) is 6.99. The summed E-state index contributed by atoms with van der Waals surface area (Å²) in [5, 5.41) is 14.3. The molecule has 2 aromatic carbocycles. The van der Waals surface area contributed by atoms with Crippen LogP contribution in [0.3, 0.4) is 0 Å². The topological polar surface area (TPSA) is 79.8 Å². The van der Waals surface area contributed by atoms with Gasteiger partial charge in [0.2, 0.25) is 5.91 Å². The molecule has 0 radical (unpaired) electrons. The monoisotopic (exact) mass is 420 g/mol. The molecule has 0 spiro atoms. The van der Waals surface area contributed by atoms with Gasteiger partial charge in [-0.05, 0) is 43.3 Å². The molecule has 2 aromatic heterocycles. The van der Waals surface area contributed by atoms with Gasteiger partial charge in [-0.2, -0.15) is 5.10 Å². The summed E-state index contributed by atoms with van der Waals surface area (Å²) in [6.07, 6.45) is 3.06. The van der Waals surface area contributed by atoms with Gasteiger partial charge in [-0.25, -0.2) is 8.91 Å². The van der Waals surface area contributed by atoms with Gasteiger partial charge in [-0.3, -0.25) is 9.59 Å². The zero-order valence-electron chi connectivity index (χ0n) is 16.9. The van der Waals surface area contributed by atoms with E-state index in [9.17, 15) is 19.1 Å². The van der Waals surface area contributed by atoms with Gasteiger partial charge in [0, 0.05) is 35.8 Å². The van der Waals surface area contributed by atoms with Crippen molar-refractivity contribution >= 4 is 17.1 Å². The number of benzene rings is 2. The SMILES string of the molecule is CCN(C(=O)Cn1ccn2nc(-c3ccc(F)cc3)c(CO)c2c1=O)c1ccccc1. The Morgan fingerprint density at radius 3 is 2.45 bits per heavy atom. The van der Waals surface area contributed by atoms with E-state index in [1.165, 1.54) is 39.5 Å². The fourth-order valence-corrected chi connectivity index (χ4v) is 3.61. The number of carbonyl (C=O) groups is 1. The van der Waals surface area contributed by atoms with E-state index in [4.69, 9.17) is 0 Å². The number of carbonyl (C=O) groups excluding carboxylic acids is 1. The molecular weight excluding hydrogens is 399 g/mol. The average molecular weight is 420 g/mol. The van der Waals surface area contributed by atoms with Crippen LogP contribution in [0.2, 0.25) is 0 Å². The second kappa shape index (κ2) is 8.53. The van der Waals surface area contributed by atoms with Crippen LogP contribution in [0.25, 0.3) is 16.8 Å². The number of aliphatic hydroxyl groups is 1. The highest BCUT2D eigenvalue weighted by Gasteiger charge is 2.20. The van der Waals surface area contributed by atoms with Gasteiger partial charge >= 0.3 is 0 Å². The Bertz CT molecular complexity index is 1280. The van der Waals surface area contributed by atoms with Crippen LogP contribution in [0.15, 0.2) is 71.8 Å². The minimum Gasteiger partial charge on any atom is -0.392 e. The molecule has 8 heteroatoms. The van der Waals surface area contributed by atoms with Crippen LogP contribution in [0.1, 0.15) is 12.5 Å². The number of amides is 1. The van der Waals surface area contributed by atoms with E-state index in [0.717, 1.165) is 5.69 Å². The van der Waals surface area contributed by atoms with E-state index in [-0.39, 0.29) is 18.0 Å². The molecule has 31 heavy (non-hydrogen) atoms. The van der Waals surface area contributed by atoms with Gasteiger partial charge in [0.1, 0.15) is 17.9 Å². The highest BCUT2D eigenvalue weighted by atomic mass is 19.1. The molecule has 0 bridgehead atoms. The second-order valence-electron chi connectivity index (χ2n) is 6.99. The number of hydrogen-bond donors (Lipinski definition) is 1. The highest BCUT2D eigenvalue weighted by molar-refractivity contribution is 5.93. The van der Waals surface area contributed by atoms with Crippen molar-refractivity contribution in [3.8, 4) is 11.3 Å². The Balaban J connectivity index is 1.73. The maximum atomic E-state index is 13.3. The van der Waals surface area contributed by atoms with Crippen molar-refractivity contribution in [1.82, 2.24) is 14.2 Å². The van der Waals surface area contributed by atoms with Gasteiger partial charge in [-0.15, -0.1) is 0 Å².